The summed E-state index contributed by atoms with van der Waals surface area (Å²) in [5.41, 5.74) is 0.857. The van der Waals surface area contributed by atoms with Crippen LogP contribution in [0.2, 0.25) is 0 Å². The molecule has 0 amide bonds. The largest absolute Gasteiger partial charge is 0.477 e. The lowest BCUT2D eigenvalue weighted by atomic mass is 9.99. The van der Waals surface area contributed by atoms with Crippen LogP contribution in [0.3, 0.4) is 0 Å². The number of aromatic nitrogens is 1. The van der Waals surface area contributed by atoms with E-state index in [4.69, 9.17) is 0 Å². The molecule has 2 aliphatic rings. The Morgan fingerprint density at radius 3 is 2.53 bits per heavy atom. The van der Waals surface area contributed by atoms with Gasteiger partial charge in [0, 0.05) is 11.8 Å². The molecule has 0 unspecified atom stereocenters. The van der Waals surface area contributed by atoms with Crippen molar-refractivity contribution in [3.05, 3.63) is 15.6 Å². The van der Waals surface area contributed by atoms with Crippen molar-refractivity contribution in [2.24, 2.45) is 0 Å². The standard InChI is InChI=1S/C12H16N2O2S/c15-12(16)10-9(7-1-2-7)14-11(17-10)8-3-5-13-6-4-8/h7-8,13H,1-6H2,(H,15,16). The lowest BCUT2D eigenvalue weighted by Gasteiger charge is -2.20. The van der Waals surface area contributed by atoms with Gasteiger partial charge in [0.25, 0.3) is 0 Å². The van der Waals surface area contributed by atoms with Crippen molar-refractivity contribution in [1.82, 2.24) is 10.3 Å². The molecule has 0 atom stereocenters. The fourth-order valence-corrected chi connectivity index (χ4v) is 3.54. The summed E-state index contributed by atoms with van der Waals surface area (Å²) in [6, 6.07) is 0. The number of carbonyl (C=O) groups is 1. The van der Waals surface area contributed by atoms with E-state index in [1.54, 1.807) is 0 Å². The van der Waals surface area contributed by atoms with Gasteiger partial charge in [0.1, 0.15) is 4.88 Å². The molecule has 2 heterocycles. The third-order valence-electron chi connectivity index (χ3n) is 3.52. The molecule has 17 heavy (non-hydrogen) atoms. The van der Waals surface area contributed by atoms with E-state index in [1.165, 1.54) is 11.3 Å². The zero-order chi connectivity index (χ0) is 11.8. The summed E-state index contributed by atoms with van der Waals surface area (Å²) in [6.45, 7) is 2.04. The summed E-state index contributed by atoms with van der Waals surface area (Å²) in [5, 5.41) is 13.6. The van der Waals surface area contributed by atoms with Crippen LogP contribution in [0.5, 0.6) is 0 Å². The van der Waals surface area contributed by atoms with E-state index in [-0.39, 0.29) is 0 Å². The summed E-state index contributed by atoms with van der Waals surface area (Å²) < 4.78 is 0. The number of nitrogens with zero attached hydrogens (tertiary/aromatic N) is 1. The van der Waals surface area contributed by atoms with Crippen LogP contribution in [0.1, 0.15) is 57.9 Å². The molecule has 92 valence electrons. The SMILES string of the molecule is O=C(O)c1sc(C2CCNCC2)nc1C1CC1. The van der Waals surface area contributed by atoms with Crippen molar-refractivity contribution in [1.29, 1.82) is 0 Å². The minimum absolute atomic E-state index is 0.424. The van der Waals surface area contributed by atoms with Crippen molar-refractivity contribution in [2.45, 2.75) is 37.5 Å². The summed E-state index contributed by atoms with van der Waals surface area (Å²) in [4.78, 5) is 16.3. The highest BCUT2D eigenvalue weighted by Gasteiger charge is 2.33. The smallest absolute Gasteiger partial charge is 0.347 e. The van der Waals surface area contributed by atoms with Gasteiger partial charge < -0.3 is 10.4 Å². The first-order valence-electron chi connectivity index (χ1n) is 6.20. The summed E-state index contributed by atoms with van der Waals surface area (Å²) in [7, 11) is 0. The Balaban J connectivity index is 1.89. The number of thiazole rings is 1. The molecular weight excluding hydrogens is 236 g/mol. The Labute approximate surface area is 104 Å². The van der Waals surface area contributed by atoms with Crippen LogP contribution >= 0.6 is 11.3 Å². The highest BCUT2D eigenvalue weighted by atomic mass is 32.1. The van der Waals surface area contributed by atoms with E-state index in [2.05, 4.69) is 10.3 Å². The maximum atomic E-state index is 11.2. The fourth-order valence-electron chi connectivity index (χ4n) is 2.38. The summed E-state index contributed by atoms with van der Waals surface area (Å²) in [5.74, 6) is 0.0873. The number of aromatic carboxylic acids is 1. The number of nitrogens with one attached hydrogen (secondary N) is 1. The van der Waals surface area contributed by atoms with Crippen molar-refractivity contribution >= 4 is 17.3 Å². The molecule has 3 rings (SSSR count). The van der Waals surface area contributed by atoms with Gasteiger partial charge in [-0.15, -0.1) is 11.3 Å². The molecule has 4 nitrogen and oxygen atoms in total. The molecule has 0 spiro atoms. The van der Waals surface area contributed by atoms with E-state index in [0.29, 0.717) is 16.7 Å². The quantitative estimate of drug-likeness (QED) is 0.865. The number of carboxylic acids is 1. The van der Waals surface area contributed by atoms with E-state index >= 15 is 0 Å². The maximum Gasteiger partial charge on any atom is 0.347 e. The highest BCUT2D eigenvalue weighted by Crippen LogP contribution is 2.44. The third kappa shape index (κ3) is 2.21. The Morgan fingerprint density at radius 1 is 1.24 bits per heavy atom. The molecule has 2 fully saturated rings. The van der Waals surface area contributed by atoms with Crippen molar-refractivity contribution in [3.63, 3.8) is 0 Å². The van der Waals surface area contributed by atoms with Gasteiger partial charge in [0.05, 0.1) is 10.7 Å². The molecule has 0 radical (unpaired) electrons. The van der Waals surface area contributed by atoms with Gasteiger partial charge in [-0.3, -0.25) is 0 Å². The summed E-state index contributed by atoms with van der Waals surface area (Å²) >= 11 is 1.40. The van der Waals surface area contributed by atoms with Gasteiger partial charge in [-0.1, -0.05) is 0 Å². The molecular formula is C12H16N2O2S. The number of rotatable bonds is 3. The van der Waals surface area contributed by atoms with Gasteiger partial charge in [-0.25, -0.2) is 9.78 Å². The minimum atomic E-state index is -0.801. The molecule has 1 saturated heterocycles. The molecule has 0 aromatic carbocycles. The number of piperidine rings is 1. The van der Waals surface area contributed by atoms with Crippen LogP contribution in [-0.4, -0.2) is 29.1 Å². The van der Waals surface area contributed by atoms with E-state index in [9.17, 15) is 9.90 Å². The predicted octanol–water partition coefficient (Wildman–Crippen LogP) is 2.19. The Morgan fingerprint density at radius 2 is 1.94 bits per heavy atom. The van der Waals surface area contributed by atoms with Crippen LogP contribution in [0.25, 0.3) is 0 Å². The van der Waals surface area contributed by atoms with Crippen LogP contribution in [0.4, 0.5) is 0 Å². The molecule has 1 aliphatic carbocycles. The van der Waals surface area contributed by atoms with Gasteiger partial charge in [-0.2, -0.15) is 0 Å². The lowest BCUT2D eigenvalue weighted by molar-refractivity contribution is 0.0700. The van der Waals surface area contributed by atoms with Crippen molar-refractivity contribution in [2.75, 3.05) is 13.1 Å². The Bertz CT molecular complexity index is 434. The van der Waals surface area contributed by atoms with Crippen LogP contribution in [0, 0.1) is 0 Å². The average molecular weight is 252 g/mol. The zero-order valence-electron chi connectivity index (χ0n) is 9.61. The monoisotopic (exact) mass is 252 g/mol. The molecule has 1 aliphatic heterocycles. The van der Waals surface area contributed by atoms with E-state index < -0.39 is 5.97 Å². The first kappa shape index (κ1) is 11.2. The second-order valence-electron chi connectivity index (χ2n) is 4.87. The normalized spacial score (nSPS) is 21.6. The number of hydrogen-bond acceptors (Lipinski definition) is 4. The van der Waals surface area contributed by atoms with Crippen LogP contribution in [-0.2, 0) is 0 Å². The molecule has 5 heteroatoms. The van der Waals surface area contributed by atoms with Crippen LogP contribution < -0.4 is 5.32 Å². The molecule has 2 N–H and O–H groups in total. The fraction of sp³-hybridized carbons (Fsp3) is 0.667. The molecule has 1 saturated carbocycles. The van der Waals surface area contributed by atoms with E-state index in [0.717, 1.165) is 49.5 Å². The third-order valence-corrected chi connectivity index (χ3v) is 4.74. The Kier molecular flexibility index (Phi) is 2.88. The minimum Gasteiger partial charge on any atom is -0.477 e. The predicted molar refractivity (Wildman–Crippen MR) is 65.9 cm³/mol. The second-order valence-corrected chi connectivity index (χ2v) is 5.90. The Hall–Kier alpha value is -0.940. The number of hydrogen-bond donors (Lipinski definition) is 2. The van der Waals surface area contributed by atoms with Gasteiger partial charge in [-0.05, 0) is 38.8 Å². The topological polar surface area (TPSA) is 62.2 Å². The van der Waals surface area contributed by atoms with E-state index in [1.807, 2.05) is 0 Å². The van der Waals surface area contributed by atoms with Crippen molar-refractivity contribution in [3.8, 4) is 0 Å². The first-order valence-corrected chi connectivity index (χ1v) is 7.02. The first-order chi connectivity index (χ1) is 8.25. The second kappa shape index (κ2) is 4.38. The van der Waals surface area contributed by atoms with Crippen molar-refractivity contribution < 1.29 is 9.90 Å². The van der Waals surface area contributed by atoms with Gasteiger partial charge in [0.15, 0.2) is 0 Å². The average Bonchev–Trinajstić information content (AvgIpc) is 3.09. The molecule has 0 bridgehead atoms. The summed E-state index contributed by atoms with van der Waals surface area (Å²) in [6.07, 6.45) is 4.37. The lowest BCUT2D eigenvalue weighted by Crippen LogP contribution is -2.26. The maximum absolute atomic E-state index is 11.2. The highest BCUT2D eigenvalue weighted by molar-refractivity contribution is 7.13. The molecule has 1 aromatic rings. The van der Waals surface area contributed by atoms with Gasteiger partial charge >= 0.3 is 5.97 Å². The number of carboxylic acid groups (broad SMARTS) is 1. The van der Waals surface area contributed by atoms with Gasteiger partial charge in [0.2, 0.25) is 0 Å². The van der Waals surface area contributed by atoms with Crippen LogP contribution in [0.15, 0.2) is 0 Å². The zero-order valence-corrected chi connectivity index (χ0v) is 10.4. The molecule has 1 aromatic heterocycles.